The number of hydrogen-bond acceptors (Lipinski definition) is 5. The van der Waals surface area contributed by atoms with Gasteiger partial charge in [-0.3, -0.25) is 4.79 Å². The molecule has 37 heavy (non-hydrogen) atoms. The summed E-state index contributed by atoms with van der Waals surface area (Å²) >= 11 is 0. The maximum absolute atomic E-state index is 13.8. The van der Waals surface area contributed by atoms with Crippen LogP contribution in [0.25, 0.3) is 33.3 Å². The standard InChI is InChI=1S/C31H22N2O4/c1-19-15-16-28(36-19)27-17-23(21-11-6-8-14-26(21)33-27)31(35)37-30(20-9-3-2-4-10-20)29(34)24-18-32-25-13-7-5-12-22(24)25/h2-18,30,32H,1H3. The number of furan rings is 1. The molecule has 0 aliphatic heterocycles. The van der Waals surface area contributed by atoms with Crippen LogP contribution in [0, 0.1) is 6.92 Å². The van der Waals surface area contributed by atoms with Crippen molar-refractivity contribution in [2.75, 3.05) is 0 Å². The normalized spacial score (nSPS) is 12.0. The molecule has 1 N–H and O–H groups in total. The molecule has 0 fully saturated rings. The van der Waals surface area contributed by atoms with E-state index < -0.39 is 12.1 Å². The third-order valence-corrected chi connectivity index (χ3v) is 6.35. The molecule has 0 radical (unpaired) electrons. The largest absolute Gasteiger partial charge is 0.460 e. The summed E-state index contributed by atoms with van der Waals surface area (Å²) in [5.74, 6) is 0.358. The second-order valence-electron chi connectivity index (χ2n) is 8.79. The molecule has 6 heteroatoms. The Kier molecular flexibility index (Phi) is 5.62. The van der Waals surface area contributed by atoms with Crippen LogP contribution in [-0.2, 0) is 4.74 Å². The Morgan fingerprint density at radius 1 is 0.838 bits per heavy atom. The van der Waals surface area contributed by atoms with Crippen LogP contribution in [0.4, 0.5) is 0 Å². The Morgan fingerprint density at radius 3 is 2.35 bits per heavy atom. The van der Waals surface area contributed by atoms with Crippen molar-refractivity contribution >= 4 is 33.6 Å². The fourth-order valence-corrected chi connectivity index (χ4v) is 4.53. The lowest BCUT2D eigenvalue weighted by Crippen LogP contribution is -2.20. The van der Waals surface area contributed by atoms with Gasteiger partial charge in [0.1, 0.15) is 11.5 Å². The molecule has 1 unspecified atom stereocenters. The van der Waals surface area contributed by atoms with Crippen LogP contribution in [0.3, 0.4) is 0 Å². The van der Waals surface area contributed by atoms with Crippen molar-refractivity contribution in [3.8, 4) is 11.5 Å². The number of ketones is 1. The fourth-order valence-electron chi connectivity index (χ4n) is 4.53. The van der Waals surface area contributed by atoms with Gasteiger partial charge in [-0.25, -0.2) is 9.78 Å². The van der Waals surface area contributed by atoms with Crippen LogP contribution in [0.5, 0.6) is 0 Å². The zero-order valence-corrected chi connectivity index (χ0v) is 20.0. The summed E-state index contributed by atoms with van der Waals surface area (Å²) in [4.78, 5) is 35.4. The first-order chi connectivity index (χ1) is 18.1. The Balaban J connectivity index is 1.43. The molecule has 1 atom stereocenters. The topological polar surface area (TPSA) is 85.2 Å². The molecule has 3 aromatic heterocycles. The van der Waals surface area contributed by atoms with Gasteiger partial charge in [0.2, 0.25) is 5.78 Å². The third kappa shape index (κ3) is 4.19. The minimum absolute atomic E-state index is 0.308. The van der Waals surface area contributed by atoms with Crippen LogP contribution >= 0.6 is 0 Å². The summed E-state index contributed by atoms with van der Waals surface area (Å²) in [5.41, 5.74) is 3.33. The molecule has 0 spiro atoms. The Hall–Kier alpha value is -4.97. The quantitative estimate of drug-likeness (QED) is 0.201. The number of nitrogens with one attached hydrogen (secondary N) is 1. The van der Waals surface area contributed by atoms with E-state index in [1.54, 1.807) is 24.4 Å². The fraction of sp³-hybridized carbons (Fsp3) is 0.0645. The number of rotatable bonds is 6. The molecule has 0 aliphatic carbocycles. The monoisotopic (exact) mass is 486 g/mol. The number of esters is 1. The number of carbonyl (C=O) groups excluding carboxylic acids is 2. The average molecular weight is 487 g/mol. The number of aromatic amines is 1. The number of nitrogens with zero attached hydrogens (tertiary/aromatic N) is 1. The van der Waals surface area contributed by atoms with Crippen molar-refractivity contribution in [1.82, 2.24) is 9.97 Å². The number of aryl methyl sites for hydroxylation is 1. The molecule has 0 amide bonds. The lowest BCUT2D eigenvalue weighted by molar-refractivity contribution is 0.0282. The summed E-state index contributed by atoms with van der Waals surface area (Å²) in [6.07, 6.45) is 0.532. The molecule has 0 saturated heterocycles. The van der Waals surface area contributed by atoms with E-state index >= 15 is 0 Å². The lowest BCUT2D eigenvalue weighted by Gasteiger charge is -2.18. The number of benzene rings is 3. The molecule has 6 nitrogen and oxygen atoms in total. The Bertz CT molecular complexity index is 1760. The van der Waals surface area contributed by atoms with E-state index in [0.717, 1.165) is 16.7 Å². The van der Waals surface area contributed by atoms with E-state index in [1.807, 2.05) is 85.8 Å². The first kappa shape index (κ1) is 22.5. The minimum Gasteiger partial charge on any atom is -0.460 e. The molecule has 180 valence electrons. The highest BCUT2D eigenvalue weighted by Crippen LogP contribution is 2.31. The Morgan fingerprint density at radius 2 is 1.57 bits per heavy atom. The van der Waals surface area contributed by atoms with Gasteiger partial charge < -0.3 is 14.1 Å². The van der Waals surface area contributed by atoms with Gasteiger partial charge in [-0.2, -0.15) is 0 Å². The van der Waals surface area contributed by atoms with Gasteiger partial charge in [0.25, 0.3) is 0 Å². The summed E-state index contributed by atoms with van der Waals surface area (Å²) < 4.78 is 11.8. The number of hydrogen-bond donors (Lipinski definition) is 1. The molecular weight excluding hydrogens is 464 g/mol. The third-order valence-electron chi connectivity index (χ3n) is 6.35. The van der Waals surface area contributed by atoms with Gasteiger partial charge in [0.15, 0.2) is 11.9 Å². The van der Waals surface area contributed by atoms with Crippen LogP contribution in [0.1, 0.15) is 38.1 Å². The first-order valence-electron chi connectivity index (χ1n) is 11.9. The molecular formula is C31H22N2O4. The summed E-state index contributed by atoms with van der Waals surface area (Å²) in [5, 5.41) is 1.40. The number of pyridine rings is 1. The lowest BCUT2D eigenvalue weighted by atomic mass is 9.99. The Labute approximate surface area is 212 Å². The van der Waals surface area contributed by atoms with Gasteiger partial charge in [0, 0.05) is 33.6 Å². The predicted molar refractivity (Wildman–Crippen MR) is 141 cm³/mol. The van der Waals surface area contributed by atoms with Gasteiger partial charge in [-0.05, 0) is 37.3 Å². The zero-order chi connectivity index (χ0) is 25.4. The predicted octanol–water partition coefficient (Wildman–Crippen LogP) is 7.07. The summed E-state index contributed by atoms with van der Waals surface area (Å²) in [7, 11) is 0. The number of ether oxygens (including phenoxy) is 1. The van der Waals surface area contributed by atoms with E-state index in [1.165, 1.54) is 0 Å². The number of Topliss-reactive ketones (excluding diaryl/α,β-unsaturated/α-hetero) is 1. The van der Waals surface area contributed by atoms with E-state index in [0.29, 0.717) is 39.0 Å². The van der Waals surface area contributed by atoms with Crippen molar-refractivity contribution in [3.05, 3.63) is 126 Å². The summed E-state index contributed by atoms with van der Waals surface area (Å²) in [6, 6.07) is 29.2. The number of aromatic nitrogens is 2. The maximum Gasteiger partial charge on any atom is 0.339 e. The van der Waals surface area contributed by atoms with Gasteiger partial charge in [0.05, 0.1) is 11.1 Å². The summed E-state index contributed by atoms with van der Waals surface area (Å²) in [6.45, 7) is 1.85. The molecule has 0 saturated carbocycles. The number of H-pyrrole nitrogens is 1. The van der Waals surface area contributed by atoms with Crippen molar-refractivity contribution in [2.45, 2.75) is 13.0 Å². The number of para-hydroxylation sites is 2. The van der Waals surface area contributed by atoms with E-state index in [9.17, 15) is 9.59 Å². The van der Waals surface area contributed by atoms with Crippen molar-refractivity contribution in [1.29, 1.82) is 0 Å². The zero-order valence-electron chi connectivity index (χ0n) is 20.0. The highest BCUT2D eigenvalue weighted by atomic mass is 16.5. The molecule has 0 aliphatic rings. The first-order valence-corrected chi connectivity index (χ1v) is 11.9. The second kappa shape index (κ2) is 9.24. The molecule has 3 heterocycles. The van der Waals surface area contributed by atoms with E-state index in [-0.39, 0.29) is 5.78 Å². The minimum atomic E-state index is -1.13. The van der Waals surface area contributed by atoms with Crippen LogP contribution in [0.15, 0.2) is 108 Å². The van der Waals surface area contributed by atoms with Gasteiger partial charge in [-0.15, -0.1) is 0 Å². The van der Waals surface area contributed by atoms with Crippen LogP contribution in [-0.4, -0.2) is 21.7 Å². The molecule has 6 aromatic rings. The van der Waals surface area contributed by atoms with Crippen LogP contribution in [0.2, 0.25) is 0 Å². The molecule has 3 aromatic carbocycles. The number of fused-ring (bicyclic) bond motifs is 2. The average Bonchev–Trinajstić information content (AvgIpc) is 3.57. The van der Waals surface area contributed by atoms with Crippen LogP contribution < -0.4 is 0 Å². The second-order valence-corrected chi connectivity index (χ2v) is 8.79. The van der Waals surface area contributed by atoms with E-state index in [4.69, 9.17) is 9.15 Å². The van der Waals surface area contributed by atoms with Gasteiger partial charge >= 0.3 is 5.97 Å². The highest BCUT2D eigenvalue weighted by molar-refractivity contribution is 6.12. The van der Waals surface area contributed by atoms with Crippen molar-refractivity contribution in [3.63, 3.8) is 0 Å². The molecule has 6 rings (SSSR count). The number of carbonyl (C=O) groups is 2. The smallest absolute Gasteiger partial charge is 0.339 e. The van der Waals surface area contributed by atoms with Gasteiger partial charge in [-0.1, -0.05) is 66.7 Å². The molecule has 0 bridgehead atoms. The maximum atomic E-state index is 13.8. The SMILES string of the molecule is Cc1ccc(-c2cc(C(=O)OC(C(=O)c3c[nH]c4ccccc34)c3ccccc3)c3ccccc3n2)o1. The van der Waals surface area contributed by atoms with Crippen molar-refractivity contribution < 1.29 is 18.7 Å². The van der Waals surface area contributed by atoms with E-state index in [2.05, 4.69) is 9.97 Å². The van der Waals surface area contributed by atoms with Crippen molar-refractivity contribution in [2.24, 2.45) is 0 Å². The highest BCUT2D eigenvalue weighted by Gasteiger charge is 2.29.